The molecule has 4 nitrogen and oxygen atoms in total. The second kappa shape index (κ2) is 5.88. The Labute approximate surface area is 115 Å². The van der Waals surface area contributed by atoms with Crippen molar-refractivity contribution in [3.63, 3.8) is 0 Å². The van der Waals surface area contributed by atoms with Crippen molar-refractivity contribution in [2.75, 3.05) is 18.8 Å². The molecule has 2 heterocycles. The molecule has 2 rings (SSSR count). The van der Waals surface area contributed by atoms with Gasteiger partial charge in [-0.2, -0.15) is 0 Å². The molecule has 106 valence electrons. The zero-order valence-electron chi connectivity index (χ0n) is 12.2. The predicted octanol–water partition coefficient (Wildman–Crippen LogP) is 1.87. The molecule has 0 aliphatic carbocycles. The number of rotatable bonds is 3. The Bertz CT molecular complexity index is 437. The van der Waals surface area contributed by atoms with Crippen LogP contribution in [0.5, 0.6) is 0 Å². The number of nitrogen functional groups attached to an aromatic ring is 1. The molecule has 0 amide bonds. The summed E-state index contributed by atoms with van der Waals surface area (Å²) >= 11 is 0. The van der Waals surface area contributed by atoms with Crippen LogP contribution in [-0.2, 0) is 6.54 Å². The highest BCUT2D eigenvalue weighted by Gasteiger charge is 2.23. The number of hydrogen-bond donors (Lipinski definition) is 2. The Kier molecular flexibility index (Phi) is 4.42. The molecule has 1 aliphatic heterocycles. The number of aryl methyl sites for hydroxylation is 1. The summed E-state index contributed by atoms with van der Waals surface area (Å²) in [6.07, 6.45) is 3.81. The fourth-order valence-electron chi connectivity index (χ4n) is 2.76. The Morgan fingerprint density at radius 2 is 2.05 bits per heavy atom. The van der Waals surface area contributed by atoms with Crippen molar-refractivity contribution in [3.8, 4) is 0 Å². The lowest BCUT2D eigenvalue weighted by Crippen LogP contribution is -2.36. The van der Waals surface area contributed by atoms with Gasteiger partial charge < -0.3 is 10.8 Å². The first-order valence-corrected chi connectivity index (χ1v) is 7.10. The molecule has 1 fully saturated rings. The number of anilines is 1. The van der Waals surface area contributed by atoms with E-state index in [0.29, 0.717) is 5.92 Å². The lowest BCUT2D eigenvalue weighted by atomic mass is 9.92. The van der Waals surface area contributed by atoms with Crippen LogP contribution >= 0.6 is 0 Å². The first-order chi connectivity index (χ1) is 8.99. The van der Waals surface area contributed by atoms with Gasteiger partial charge in [0.25, 0.3) is 0 Å². The number of pyridine rings is 1. The number of piperidine rings is 1. The van der Waals surface area contributed by atoms with Crippen molar-refractivity contribution in [1.82, 2.24) is 9.88 Å². The van der Waals surface area contributed by atoms with Crippen LogP contribution in [0.3, 0.4) is 0 Å². The van der Waals surface area contributed by atoms with Gasteiger partial charge in [0.1, 0.15) is 0 Å². The van der Waals surface area contributed by atoms with Gasteiger partial charge in [-0.05, 0) is 63.7 Å². The summed E-state index contributed by atoms with van der Waals surface area (Å²) in [5, 5.41) is 9.62. The summed E-state index contributed by atoms with van der Waals surface area (Å²) in [6.45, 7) is 8.87. The van der Waals surface area contributed by atoms with Gasteiger partial charge in [-0.1, -0.05) is 0 Å². The molecular weight excluding hydrogens is 238 g/mol. The maximum absolute atomic E-state index is 9.62. The monoisotopic (exact) mass is 263 g/mol. The van der Waals surface area contributed by atoms with Gasteiger partial charge in [-0.25, -0.2) is 0 Å². The van der Waals surface area contributed by atoms with E-state index in [4.69, 9.17) is 5.73 Å². The normalized spacial score (nSPS) is 19.6. The number of aliphatic hydroxyl groups is 1. The van der Waals surface area contributed by atoms with Crippen molar-refractivity contribution in [2.45, 2.75) is 46.3 Å². The molecule has 1 aromatic heterocycles. The first kappa shape index (κ1) is 14.3. The fourth-order valence-corrected chi connectivity index (χ4v) is 2.76. The zero-order chi connectivity index (χ0) is 14.0. The van der Waals surface area contributed by atoms with Crippen molar-refractivity contribution >= 4 is 5.69 Å². The third kappa shape index (κ3) is 3.25. The molecule has 0 saturated carbocycles. The van der Waals surface area contributed by atoms with Gasteiger partial charge in [-0.3, -0.25) is 9.88 Å². The molecule has 1 saturated heterocycles. The quantitative estimate of drug-likeness (QED) is 0.874. The molecular formula is C15H25N3O. The highest BCUT2D eigenvalue weighted by Crippen LogP contribution is 2.24. The van der Waals surface area contributed by atoms with Crippen LogP contribution < -0.4 is 5.73 Å². The SMILES string of the molecule is Cc1cnc(CN2CCC(C(C)O)CC2)c(C)c1N. The van der Waals surface area contributed by atoms with Crippen molar-refractivity contribution < 1.29 is 5.11 Å². The summed E-state index contributed by atoms with van der Waals surface area (Å²) in [4.78, 5) is 6.92. The van der Waals surface area contributed by atoms with Crippen LogP contribution in [0, 0.1) is 19.8 Å². The summed E-state index contributed by atoms with van der Waals surface area (Å²) in [7, 11) is 0. The summed E-state index contributed by atoms with van der Waals surface area (Å²) in [5.41, 5.74) is 10.2. The third-order valence-corrected chi connectivity index (χ3v) is 4.36. The zero-order valence-corrected chi connectivity index (χ0v) is 12.2. The van der Waals surface area contributed by atoms with E-state index in [-0.39, 0.29) is 6.10 Å². The van der Waals surface area contributed by atoms with Gasteiger partial charge in [0.15, 0.2) is 0 Å². The topological polar surface area (TPSA) is 62.4 Å². The van der Waals surface area contributed by atoms with Crippen LogP contribution in [0.4, 0.5) is 5.69 Å². The number of likely N-dealkylation sites (tertiary alicyclic amines) is 1. The molecule has 0 bridgehead atoms. The molecule has 1 atom stereocenters. The molecule has 19 heavy (non-hydrogen) atoms. The minimum atomic E-state index is -0.183. The number of nitrogens with zero attached hydrogens (tertiary/aromatic N) is 2. The van der Waals surface area contributed by atoms with E-state index in [9.17, 15) is 5.11 Å². The summed E-state index contributed by atoms with van der Waals surface area (Å²) in [5.74, 6) is 0.452. The summed E-state index contributed by atoms with van der Waals surface area (Å²) in [6, 6.07) is 0. The Morgan fingerprint density at radius 3 is 2.63 bits per heavy atom. The van der Waals surface area contributed by atoms with E-state index in [0.717, 1.165) is 55.0 Å². The average molecular weight is 263 g/mol. The second-order valence-electron chi connectivity index (χ2n) is 5.78. The van der Waals surface area contributed by atoms with Crippen molar-refractivity contribution in [2.24, 2.45) is 5.92 Å². The average Bonchev–Trinajstić information content (AvgIpc) is 2.40. The smallest absolute Gasteiger partial charge is 0.0593 e. The fraction of sp³-hybridized carbons (Fsp3) is 0.667. The van der Waals surface area contributed by atoms with Crippen LogP contribution in [0.2, 0.25) is 0 Å². The maximum Gasteiger partial charge on any atom is 0.0593 e. The molecule has 1 aromatic rings. The molecule has 1 unspecified atom stereocenters. The Hall–Kier alpha value is -1.13. The molecule has 3 N–H and O–H groups in total. The first-order valence-electron chi connectivity index (χ1n) is 7.10. The number of aromatic nitrogens is 1. The van der Waals surface area contributed by atoms with Crippen LogP contribution in [-0.4, -0.2) is 34.2 Å². The van der Waals surface area contributed by atoms with Gasteiger partial charge >= 0.3 is 0 Å². The third-order valence-electron chi connectivity index (χ3n) is 4.36. The highest BCUT2D eigenvalue weighted by molar-refractivity contribution is 5.53. The molecule has 0 spiro atoms. The lowest BCUT2D eigenvalue weighted by molar-refractivity contribution is 0.0691. The van der Waals surface area contributed by atoms with Crippen LogP contribution in [0.1, 0.15) is 36.6 Å². The van der Waals surface area contributed by atoms with E-state index in [1.807, 2.05) is 27.0 Å². The number of hydrogen-bond acceptors (Lipinski definition) is 4. The van der Waals surface area contributed by atoms with E-state index in [1.165, 1.54) is 0 Å². The highest BCUT2D eigenvalue weighted by atomic mass is 16.3. The van der Waals surface area contributed by atoms with E-state index in [2.05, 4.69) is 9.88 Å². The molecule has 4 heteroatoms. The summed E-state index contributed by atoms with van der Waals surface area (Å²) < 4.78 is 0. The maximum atomic E-state index is 9.62. The van der Waals surface area contributed by atoms with Gasteiger partial charge in [0, 0.05) is 18.4 Å². The molecule has 0 aromatic carbocycles. The van der Waals surface area contributed by atoms with Crippen LogP contribution in [0.15, 0.2) is 6.20 Å². The van der Waals surface area contributed by atoms with Gasteiger partial charge in [-0.15, -0.1) is 0 Å². The van der Waals surface area contributed by atoms with Crippen molar-refractivity contribution in [1.29, 1.82) is 0 Å². The number of nitrogens with two attached hydrogens (primary N) is 1. The van der Waals surface area contributed by atoms with Gasteiger partial charge in [0.05, 0.1) is 11.8 Å². The van der Waals surface area contributed by atoms with E-state index < -0.39 is 0 Å². The van der Waals surface area contributed by atoms with Crippen LogP contribution in [0.25, 0.3) is 0 Å². The minimum absolute atomic E-state index is 0.183. The number of aliphatic hydroxyl groups excluding tert-OH is 1. The largest absolute Gasteiger partial charge is 0.398 e. The predicted molar refractivity (Wildman–Crippen MR) is 77.8 cm³/mol. The Balaban J connectivity index is 1.98. The second-order valence-corrected chi connectivity index (χ2v) is 5.78. The molecule has 0 radical (unpaired) electrons. The Morgan fingerprint density at radius 1 is 1.42 bits per heavy atom. The van der Waals surface area contributed by atoms with Crippen molar-refractivity contribution in [3.05, 3.63) is 23.0 Å². The standard InChI is InChI=1S/C15H25N3O/c1-10-8-17-14(11(2)15(10)16)9-18-6-4-13(5-7-18)12(3)19/h8,12-13,19H,4-7,9H2,1-3H3,(H2,16,17). The minimum Gasteiger partial charge on any atom is -0.398 e. The molecule has 1 aliphatic rings. The van der Waals surface area contributed by atoms with E-state index >= 15 is 0 Å². The van der Waals surface area contributed by atoms with Gasteiger partial charge in [0.2, 0.25) is 0 Å². The lowest BCUT2D eigenvalue weighted by Gasteiger charge is -2.33. The van der Waals surface area contributed by atoms with E-state index in [1.54, 1.807) is 0 Å².